The number of carbonyl (C=O) groups is 1. The first kappa shape index (κ1) is 20.5. The smallest absolute Gasteiger partial charge is 0.254 e. The molecule has 1 aromatic heterocycles. The van der Waals surface area contributed by atoms with E-state index >= 15 is 0 Å². The van der Waals surface area contributed by atoms with Crippen LogP contribution >= 0.6 is 11.6 Å². The van der Waals surface area contributed by atoms with E-state index in [4.69, 9.17) is 16.0 Å². The Balaban J connectivity index is 1.43. The van der Waals surface area contributed by atoms with E-state index in [1.165, 1.54) is 0 Å². The lowest BCUT2D eigenvalue weighted by atomic mass is 10.1. The van der Waals surface area contributed by atoms with Crippen molar-refractivity contribution in [2.45, 2.75) is 19.5 Å². The zero-order chi connectivity index (χ0) is 21.1. The van der Waals surface area contributed by atoms with E-state index in [1.807, 2.05) is 79.7 Å². The fourth-order valence-corrected chi connectivity index (χ4v) is 3.87. The van der Waals surface area contributed by atoms with Crippen molar-refractivity contribution in [3.63, 3.8) is 0 Å². The Morgan fingerprint density at radius 1 is 1.13 bits per heavy atom. The predicted octanol–water partition coefficient (Wildman–Crippen LogP) is 5.36. The number of hydrogen-bond donors (Lipinski definition) is 0. The maximum atomic E-state index is 13.0. The van der Waals surface area contributed by atoms with Gasteiger partial charge in [-0.2, -0.15) is 0 Å². The molecule has 30 heavy (non-hydrogen) atoms. The van der Waals surface area contributed by atoms with Gasteiger partial charge in [0.15, 0.2) is 0 Å². The lowest BCUT2D eigenvalue weighted by Gasteiger charge is -2.26. The Hall–Kier alpha value is -2.82. The van der Waals surface area contributed by atoms with Crippen LogP contribution in [0.1, 0.15) is 38.6 Å². The first-order valence-electron chi connectivity index (χ1n) is 10.1. The van der Waals surface area contributed by atoms with Crippen molar-refractivity contribution in [1.82, 2.24) is 9.80 Å². The van der Waals surface area contributed by atoms with Gasteiger partial charge in [-0.3, -0.25) is 4.79 Å². The van der Waals surface area contributed by atoms with Gasteiger partial charge >= 0.3 is 0 Å². The number of nitrogens with zero attached hydrogens (tertiary/aromatic N) is 2. The van der Waals surface area contributed by atoms with E-state index in [0.717, 1.165) is 46.2 Å². The molecule has 2 aromatic carbocycles. The highest BCUT2D eigenvalue weighted by Crippen LogP contribution is 2.25. The highest BCUT2D eigenvalue weighted by Gasteiger charge is 2.25. The summed E-state index contributed by atoms with van der Waals surface area (Å²) in [5, 5.41) is 0.720. The summed E-state index contributed by atoms with van der Waals surface area (Å²) in [6, 6.07) is 17.5. The molecule has 1 aliphatic rings. The van der Waals surface area contributed by atoms with Gasteiger partial charge in [0, 0.05) is 35.7 Å². The molecule has 0 radical (unpaired) electrons. The molecule has 0 aliphatic carbocycles. The van der Waals surface area contributed by atoms with E-state index in [2.05, 4.69) is 11.0 Å². The molecule has 2 heterocycles. The van der Waals surface area contributed by atoms with Crippen LogP contribution in [0.5, 0.6) is 0 Å². The SMILES string of the molecule is CN(C)Cc1cc2c(o1)CCN(C(=O)c1ccc(/C=C\c3ccccc3Cl)cc1)C2. The Kier molecular flexibility index (Phi) is 6.07. The van der Waals surface area contributed by atoms with E-state index in [0.29, 0.717) is 18.7 Å². The van der Waals surface area contributed by atoms with Gasteiger partial charge in [0.1, 0.15) is 11.5 Å². The van der Waals surface area contributed by atoms with Crippen LogP contribution in [0.4, 0.5) is 0 Å². The number of furan rings is 1. The second-order valence-corrected chi connectivity index (χ2v) is 8.26. The normalized spacial score (nSPS) is 13.8. The predicted molar refractivity (Wildman–Crippen MR) is 121 cm³/mol. The summed E-state index contributed by atoms with van der Waals surface area (Å²) in [4.78, 5) is 17.0. The van der Waals surface area contributed by atoms with E-state index in [9.17, 15) is 4.79 Å². The molecule has 1 amide bonds. The fraction of sp³-hybridized carbons (Fsp3) is 0.240. The molecule has 0 saturated carbocycles. The topological polar surface area (TPSA) is 36.7 Å². The van der Waals surface area contributed by atoms with Crippen LogP contribution in [-0.2, 0) is 19.5 Å². The number of halogens is 1. The van der Waals surface area contributed by atoms with Crippen molar-refractivity contribution in [1.29, 1.82) is 0 Å². The van der Waals surface area contributed by atoms with Crippen molar-refractivity contribution in [2.75, 3.05) is 20.6 Å². The van der Waals surface area contributed by atoms with Crippen LogP contribution < -0.4 is 0 Å². The van der Waals surface area contributed by atoms with Crippen molar-refractivity contribution < 1.29 is 9.21 Å². The van der Waals surface area contributed by atoms with Crippen molar-refractivity contribution >= 4 is 29.7 Å². The second kappa shape index (κ2) is 8.90. The molecule has 0 bridgehead atoms. The average molecular weight is 421 g/mol. The number of carbonyl (C=O) groups excluding carboxylic acids is 1. The van der Waals surface area contributed by atoms with Crippen LogP contribution in [-0.4, -0.2) is 36.3 Å². The first-order valence-corrected chi connectivity index (χ1v) is 10.4. The zero-order valence-corrected chi connectivity index (χ0v) is 18.0. The van der Waals surface area contributed by atoms with Gasteiger partial charge in [-0.05, 0) is 49.5 Å². The molecule has 0 N–H and O–H groups in total. The maximum Gasteiger partial charge on any atom is 0.254 e. The minimum Gasteiger partial charge on any atom is -0.464 e. The number of fused-ring (bicyclic) bond motifs is 1. The molecule has 3 aromatic rings. The summed E-state index contributed by atoms with van der Waals surface area (Å²) >= 11 is 6.19. The number of amides is 1. The van der Waals surface area contributed by atoms with Gasteiger partial charge in [-0.15, -0.1) is 0 Å². The molecule has 0 spiro atoms. The summed E-state index contributed by atoms with van der Waals surface area (Å²) in [7, 11) is 4.04. The Labute approximate surface area is 182 Å². The molecule has 4 rings (SSSR count). The number of benzene rings is 2. The highest BCUT2D eigenvalue weighted by molar-refractivity contribution is 6.32. The van der Waals surface area contributed by atoms with E-state index in [-0.39, 0.29) is 5.91 Å². The molecular weight excluding hydrogens is 396 g/mol. The monoisotopic (exact) mass is 420 g/mol. The Morgan fingerprint density at radius 2 is 1.90 bits per heavy atom. The molecule has 0 atom stereocenters. The standard InChI is InChI=1S/C25H25ClN2O2/c1-27(2)17-22-15-21-16-28(14-13-24(21)30-22)25(29)20-11-8-18(9-12-20)7-10-19-5-3-4-6-23(19)26/h3-12,15H,13-14,16-17H2,1-2H3/b10-7-. The van der Waals surface area contributed by atoms with Crippen LogP contribution in [0.2, 0.25) is 5.02 Å². The van der Waals surface area contributed by atoms with Gasteiger partial charge in [0.2, 0.25) is 0 Å². The largest absolute Gasteiger partial charge is 0.464 e. The lowest BCUT2D eigenvalue weighted by molar-refractivity contribution is 0.0729. The summed E-state index contributed by atoms with van der Waals surface area (Å²) in [5.74, 6) is 2.02. The quantitative estimate of drug-likeness (QED) is 0.521. The first-order chi connectivity index (χ1) is 14.5. The van der Waals surface area contributed by atoms with Gasteiger partial charge < -0.3 is 14.2 Å². The van der Waals surface area contributed by atoms with Crippen LogP contribution in [0.25, 0.3) is 12.2 Å². The number of hydrogen-bond acceptors (Lipinski definition) is 3. The van der Waals surface area contributed by atoms with Gasteiger partial charge in [-0.25, -0.2) is 0 Å². The van der Waals surface area contributed by atoms with Gasteiger partial charge in [0.05, 0.1) is 6.54 Å². The van der Waals surface area contributed by atoms with Gasteiger partial charge in [-0.1, -0.05) is 54.1 Å². The summed E-state index contributed by atoms with van der Waals surface area (Å²) in [6.45, 7) is 2.04. The minimum atomic E-state index is 0.0534. The third-order valence-electron chi connectivity index (χ3n) is 5.20. The van der Waals surface area contributed by atoms with Crippen molar-refractivity contribution in [2.24, 2.45) is 0 Å². The Morgan fingerprint density at radius 3 is 2.63 bits per heavy atom. The molecule has 5 heteroatoms. The second-order valence-electron chi connectivity index (χ2n) is 7.85. The number of rotatable bonds is 5. The molecule has 0 saturated heterocycles. The Bertz CT molecular complexity index is 1070. The fourth-order valence-electron chi connectivity index (χ4n) is 3.67. The van der Waals surface area contributed by atoms with Crippen LogP contribution in [0.15, 0.2) is 59.0 Å². The highest BCUT2D eigenvalue weighted by atomic mass is 35.5. The molecular formula is C25H25ClN2O2. The molecule has 1 aliphatic heterocycles. The molecule has 0 unspecified atom stereocenters. The van der Waals surface area contributed by atoms with Crippen LogP contribution in [0.3, 0.4) is 0 Å². The molecule has 154 valence electrons. The van der Waals surface area contributed by atoms with Crippen LogP contribution in [0, 0.1) is 0 Å². The van der Waals surface area contributed by atoms with Gasteiger partial charge in [0.25, 0.3) is 5.91 Å². The third-order valence-corrected chi connectivity index (χ3v) is 5.54. The third kappa shape index (κ3) is 4.66. The summed E-state index contributed by atoms with van der Waals surface area (Å²) in [5.41, 5.74) is 3.81. The maximum absolute atomic E-state index is 13.0. The molecule has 0 fully saturated rings. The van der Waals surface area contributed by atoms with E-state index < -0.39 is 0 Å². The molecule has 4 nitrogen and oxygen atoms in total. The van der Waals surface area contributed by atoms with Crippen molar-refractivity contribution in [3.8, 4) is 0 Å². The minimum absolute atomic E-state index is 0.0534. The average Bonchev–Trinajstić information content (AvgIpc) is 3.13. The summed E-state index contributed by atoms with van der Waals surface area (Å²) in [6.07, 6.45) is 4.74. The lowest BCUT2D eigenvalue weighted by Crippen LogP contribution is -2.35. The zero-order valence-electron chi connectivity index (χ0n) is 17.3. The van der Waals surface area contributed by atoms with E-state index in [1.54, 1.807) is 0 Å². The van der Waals surface area contributed by atoms with Crippen molar-refractivity contribution in [3.05, 3.63) is 93.4 Å². The summed E-state index contributed by atoms with van der Waals surface area (Å²) < 4.78 is 5.94.